The fourth-order valence-electron chi connectivity index (χ4n) is 2.97. The molecule has 2 aromatic carbocycles. The van der Waals surface area contributed by atoms with E-state index in [1.165, 1.54) is 11.8 Å². The van der Waals surface area contributed by atoms with Crippen LogP contribution in [0.3, 0.4) is 0 Å². The monoisotopic (exact) mass is 488 g/mol. The first kappa shape index (κ1) is 21.8. The Morgan fingerprint density at radius 1 is 1.00 bits per heavy atom. The Morgan fingerprint density at radius 2 is 1.84 bits per heavy atom. The number of pyridine rings is 1. The van der Waals surface area contributed by atoms with Gasteiger partial charge in [-0.1, -0.05) is 58.7 Å². The van der Waals surface area contributed by atoms with Gasteiger partial charge in [-0.2, -0.15) is 0 Å². The molecule has 0 aliphatic rings. The Kier molecular flexibility index (Phi) is 6.62. The molecular formula is C22H15Cl3N4OS. The van der Waals surface area contributed by atoms with E-state index in [4.69, 9.17) is 34.8 Å². The maximum absolute atomic E-state index is 12.9. The summed E-state index contributed by atoms with van der Waals surface area (Å²) in [6, 6.07) is 15.9. The predicted molar refractivity (Wildman–Crippen MR) is 126 cm³/mol. The molecule has 31 heavy (non-hydrogen) atoms. The molecule has 4 aromatic rings. The summed E-state index contributed by atoms with van der Waals surface area (Å²) in [6.07, 6.45) is 3.39. The molecule has 1 atom stereocenters. The molecule has 4 rings (SSSR count). The maximum atomic E-state index is 12.9. The van der Waals surface area contributed by atoms with E-state index in [2.05, 4.69) is 15.2 Å². The van der Waals surface area contributed by atoms with E-state index in [0.717, 1.165) is 11.3 Å². The lowest BCUT2D eigenvalue weighted by atomic mass is 10.1. The smallest absolute Gasteiger partial charge is 0.196 e. The highest BCUT2D eigenvalue weighted by Crippen LogP contribution is 2.33. The Hall–Kier alpha value is -2.38. The zero-order valence-corrected chi connectivity index (χ0v) is 19.3. The minimum atomic E-state index is -0.425. The first-order chi connectivity index (χ1) is 14.9. The van der Waals surface area contributed by atoms with Gasteiger partial charge in [0.05, 0.1) is 21.0 Å². The predicted octanol–water partition coefficient (Wildman–Crippen LogP) is 6.65. The molecular weight excluding hydrogens is 475 g/mol. The van der Waals surface area contributed by atoms with Crippen LogP contribution in [0.25, 0.3) is 17.1 Å². The Balaban J connectivity index is 1.74. The zero-order chi connectivity index (χ0) is 22.0. The minimum absolute atomic E-state index is 0.0564. The quantitative estimate of drug-likeness (QED) is 0.224. The van der Waals surface area contributed by atoms with Crippen molar-refractivity contribution in [3.63, 3.8) is 0 Å². The molecule has 0 radical (unpaired) electrons. The van der Waals surface area contributed by atoms with Crippen LogP contribution in [0.2, 0.25) is 15.1 Å². The molecule has 1 unspecified atom stereocenters. The van der Waals surface area contributed by atoms with Gasteiger partial charge in [0, 0.05) is 28.5 Å². The molecule has 0 saturated carbocycles. The second-order valence-corrected chi connectivity index (χ2v) is 9.18. The van der Waals surface area contributed by atoms with Crippen molar-refractivity contribution in [3.05, 3.63) is 87.6 Å². The summed E-state index contributed by atoms with van der Waals surface area (Å²) in [4.78, 5) is 17.1. The average molecular weight is 490 g/mol. The largest absolute Gasteiger partial charge is 0.293 e. The first-order valence-corrected chi connectivity index (χ1v) is 11.2. The van der Waals surface area contributed by atoms with E-state index >= 15 is 0 Å². The summed E-state index contributed by atoms with van der Waals surface area (Å²) < 4.78 is 1.84. The number of aromatic nitrogens is 4. The fourth-order valence-corrected chi connectivity index (χ4v) is 4.40. The third kappa shape index (κ3) is 4.77. The molecule has 0 fully saturated rings. The number of hydrogen-bond donors (Lipinski definition) is 0. The number of nitrogens with zero attached hydrogens (tertiary/aromatic N) is 4. The van der Waals surface area contributed by atoms with Crippen LogP contribution in [0.15, 0.2) is 72.1 Å². The van der Waals surface area contributed by atoms with Crippen molar-refractivity contribution in [2.24, 2.45) is 0 Å². The van der Waals surface area contributed by atoms with Crippen molar-refractivity contribution in [2.45, 2.75) is 17.3 Å². The normalized spacial score (nSPS) is 12.0. The number of Topliss-reactive ketones (excluding diaryl/α,β-unsaturated/α-hetero) is 1. The van der Waals surface area contributed by atoms with Crippen LogP contribution in [-0.4, -0.2) is 30.8 Å². The number of carbonyl (C=O) groups is 1. The van der Waals surface area contributed by atoms with Gasteiger partial charge in [0.1, 0.15) is 0 Å². The number of ketones is 1. The van der Waals surface area contributed by atoms with Crippen molar-refractivity contribution >= 4 is 52.3 Å². The van der Waals surface area contributed by atoms with Crippen LogP contribution in [0, 0.1) is 0 Å². The first-order valence-electron chi connectivity index (χ1n) is 9.21. The maximum Gasteiger partial charge on any atom is 0.196 e. The van der Waals surface area contributed by atoms with Crippen molar-refractivity contribution in [3.8, 4) is 17.1 Å². The molecule has 0 bridgehead atoms. The molecule has 0 aliphatic heterocycles. The molecule has 0 saturated heterocycles. The van der Waals surface area contributed by atoms with Crippen LogP contribution in [0.4, 0.5) is 0 Å². The number of carbonyl (C=O) groups excluding carboxylic acids is 1. The molecule has 156 valence electrons. The van der Waals surface area contributed by atoms with Gasteiger partial charge in [-0.3, -0.25) is 14.3 Å². The van der Waals surface area contributed by atoms with E-state index in [9.17, 15) is 4.79 Å². The highest BCUT2D eigenvalue weighted by Gasteiger charge is 2.23. The summed E-state index contributed by atoms with van der Waals surface area (Å²) in [7, 11) is 0. The molecule has 0 aliphatic carbocycles. The van der Waals surface area contributed by atoms with Crippen LogP contribution >= 0.6 is 46.6 Å². The van der Waals surface area contributed by atoms with Crippen LogP contribution in [0.5, 0.6) is 0 Å². The summed E-state index contributed by atoms with van der Waals surface area (Å²) in [6.45, 7) is 1.82. The van der Waals surface area contributed by atoms with Gasteiger partial charge in [0.15, 0.2) is 16.8 Å². The molecule has 2 heterocycles. The third-order valence-electron chi connectivity index (χ3n) is 4.48. The molecule has 2 aromatic heterocycles. The highest BCUT2D eigenvalue weighted by atomic mass is 35.5. The summed E-state index contributed by atoms with van der Waals surface area (Å²) in [5, 5.41) is 10.2. The third-order valence-corrected chi connectivity index (χ3v) is 6.49. The summed E-state index contributed by atoms with van der Waals surface area (Å²) in [5.74, 6) is 0.524. The van der Waals surface area contributed by atoms with Crippen molar-refractivity contribution < 1.29 is 4.79 Å². The number of thioether (sulfide) groups is 1. The molecule has 0 amide bonds. The lowest BCUT2D eigenvalue weighted by Crippen LogP contribution is -2.14. The van der Waals surface area contributed by atoms with E-state index < -0.39 is 5.25 Å². The standard InChI is InChI=1S/C22H15Cl3N4OS/c1-13(20(30)14-4-2-6-16(23)10-14)31-22-28-27-21(15-5-3-9-26-12-15)29(22)17-7-8-18(24)19(25)11-17/h2-13H,1H3. The number of halogens is 3. The lowest BCUT2D eigenvalue weighted by molar-refractivity contribution is 0.0994. The molecule has 0 spiro atoms. The van der Waals surface area contributed by atoms with Gasteiger partial charge < -0.3 is 0 Å². The van der Waals surface area contributed by atoms with Gasteiger partial charge in [-0.15, -0.1) is 10.2 Å². The van der Waals surface area contributed by atoms with Crippen molar-refractivity contribution in [1.29, 1.82) is 0 Å². The number of benzene rings is 2. The molecule has 5 nitrogen and oxygen atoms in total. The van der Waals surface area contributed by atoms with Gasteiger partial charge in [-0.25, -0.2) is 0 Å². The van der Waals surface area contributed by atoms with Crippen LogP contribution in [0.1, 0.15) is 17.3 Å². The Morgan fingerprint density at radius 3 is 2.55 bits per heavy atom. The van der Waals surface area contributed by atoms with E-state index in [1.54, 1.807) is 48.8 Å². The van der Waals surface area contributed by atoms with Gasteiger partial charge in [0.2, 0.25) is 0 Å². The molecule has 9 heteroatoms. The average Bonchev–Trinajstić information content (AvgIpc) is 3.19. The molecule has 0 N–H and O–H groups in total. The van der Waals surface area contributed by atoms with E-state index in [1.807, 2.05) is 29.7 Å². The minimum Gasteiger partial charge on any atom is -0.293 e. The highest BCUT2D eigenvalue weighted by molar-refractivity contribution is 8.00. The fraction of sp³-hybridized carbons (Fsp3) is 0.0909. The number of hydrogen-bond acceptors (Lipinski definition) is 5. The van der Waals surface area contributed by atoms with Crippen molar-refractivity contribution in [2.75, 3.05) is 0 Å². The van der Waals surface area contributed by atoms with E-state index in [0.29, 0.717) is 31.6 Å². The van der Waals surface area contributed by atoms with Gasteiger partial charge in [0.25, 0.3) is 0 Å². The number of rotatable bonds is 6. The van der Waals surface area contributed by atoms with Gasteiger partial charge >= 0.3 is 0 Å². The SMILES string of the molecule is CC(Sc1nnc(-c2cccnc2)n1-c1ccc(Cl)c(Cl)c1)C(=O)c1cccc(Cl)c1. The topological polar surface area (TPSA) is 60.7 Å². The Labute approximate surface area is 198 Å². The lowest BCUT2D eigenvalue weighted by Gasteiger charge is -2.14. The van der Waals surface area contributed by atoms with E-state index in [-0.39, 0.29) is 5.78 Å². The Bertz CT molecular complexity index is 1250. The van der Waals surface area contributed by atoms with Crippen molar-refractivity contribution in [1.82, 2.24) is 19.7 Å². The van der Waals surface area contributed by atoms with Crippen LogP contribution < -0.4 is 0 Å². The van der Waals surface area contributed by atoms with Gasteiger partial charge in [-0.05, 0) is 49.4 Å². The summed E-state index contributed by atoms with van der Waals surface area (Å²) >= 11 is 19.7. The second-order valence-electron chi connectivity index (χ2n) is 6.62. The second kappa shape index (κ2) is 9.40. The summed E-state index contributed by atoms with van der Waals surface area (Å²) in [5.41, 5.74) is 2.05. The van der Waals surface area contributed by atoms with Crippen LogP contribution in [-0.2, 0) is 0 Å². The zero-order valence-electron chi connectivity index (χ0n) is 16.2.